The summed E-state index contributed by atoms with van der Waals surface area (Å²) in [5, 5.41) is 18.3. The van der Waals surface area contributed by atoms with E-state index in [-0.39, 0.29) is 18.9 Å². The molecule has 0 aliphatic carbocycles. The number of rotatable bonds is 6. The fourth-order valence-electron chi connectivity index (χ4n) is 2.14. The van der Waals surface area contributed by atoms with Crippen molar-refractivity contribution < 1.29 is 14.3 Å². The summed E-state index contributed by atoms with van der Waals surface area (Å²) in [7, 11) is 1.66. The molecule has 0 spiro atoms. The van der Waals surface area contributed by atoms with Gasteiger partial charge in [0.15, 0.2) is 0 Å². The highest BCUT2D eigenvalue weighted by Crippen LogP contribution is 2.20. The summed E-state index contributed by atoms with van der Waals surface area (Å²) in [6.07, 6.45) is 0.602. The van der Waals surface area contributed by atoms with Crippen LogP contribution in [0, 0.1) is 0 Å². The molecule has 0 radical (unpaired) electrons. The molecular formula is C16H20ClN3O3. The zero-order valence-corrected chi connectivity index (χ0v) is 14.2. The number of nitrogens with zero attached hydrogens (tertiary/aromatic N) is 3. The Balaban J connectivity index is 1.92. The first-order chi connectivity index (χ1) is 10.7. The molecule has 7 heteroatoms. The van der Waals surface area contributed by atoms with Gasteiger partial charge in [-0.3, -0.25) is 4.79 Å². The molecule has 1 amide bonds. The standard InChI is InChI=1S/C16H20ClN3O3/c1-16(2,22)10-20(3)14(21)9-8-13-18-19-15(23-13)11-4-6-12(17)7-5-11/h4-7,22H,8-10H2,1-3H3. The van der Waals surface area contributed by atoms with Gasteiger partial charge in [-0.05, 0) is 38.1 Å². The number of benzene rings is 1. The second-order valence-corrected chi connectivity index (χ2v) is 6.51. The summed E-state index contributed by atoms with van der Waals surface area (Å²) < 4.78 is 5.56. The van der Waals surface area contributed by atoms with Crippen LogP contribution in [0.2, 0.25) is 5.02 Å². The van der Waals surface area contributed by atoms with E-state index < -0.39 is 5.60 Å². The van der Waals surface area contributed by atoms with E-state index in [1.54, 1.807) is 45.2 Å². The molecule has 0 saturated heterocycles. The van der Waals surface area contributed by atoms with Gasteiger partial charge in [-0.25, -0.2) is 0 Å². The highest BCUT2D eigenvalue weighted by Gasteiger charge is 2.20. The molecular weight excluding hydrogens is 318 g/mol. The first-order valence-corrected chi connectivity index (χ1v) is 7.67. The van der Waals surface area contributed by atoms with Gasteiger partial charge < -0.3 is 14.4 Å². The van der Waals surface area contributed by atoms with Gasteiger partial charge >= 0.3 is 0 Å². The maximum atomic E-state index is 12.0. The predicted octanol–water partition coefficient (Wildman–Crippen LogP) is 2.55. The van der Waals surface area contributed by atoms with Crippen LogP contribution >= 0.6 is 11.6 Å². The van der Waals surface area contributed by atoms with E-state index in [9.17, 15) is 9.90 Å². The molecule has 1 aromatic heterocycles. The molecule has 2 aromatic rings. The minimum atomic E-state index is -0.920. The third-order valence-electron chi connectivity index (χ3n) is 3.16. The Morgan fingerprint density at radius 3 is 2.57 bits per heavy atom. The van der Waals surface area contributed by atoms with Crippen molar-refractivity contribution in [1.29, 1.82) is 0 Å². The van der Waals surface area contributed by atoms with Crippen LogP contribution in [-0.2, 0) is 11.2 Å². The summed E-state index contributed by atoms with van der Waals surface area (Å²) in [4.78, 5) is 13.5. The molecule has 6 nitrogen and oxygen atoms in total. The van der Waals surface area contributed by atoms with E-state index in [1.807, 2.05) is 0 Å². The molecule has 0 atom stereocenters. The number of aliphatic hydroxyl groups is 1. The van der Waals surface area contributed by atoms with E-state index >= 15 is 0 Å². The van der Waals surface area contributed by atoms with Gasteiger partial charge in [0.1, 0.15) is 0 Å². The van der Waals surface area contributed by atoms with Crippen molar-refractivity contribution in [3.8, 4) is 11.5 Å². The summed E-state index contributed by atoms with van der Waals surface area (Å²) in [5.41, 5.74) is -0.143. The SMILES string of the molecule is CN(CC(C)(C)O)C(=O)CCc1nnc(-c2ccc(Cl)cc2)o1. The van der Waals surface area contributed by atoms with E-state index in [0.29, 0.717) is 23.2 Å². The van der Waals surface area contributed by atoms with Crippen molar-refractivity contribution in [3.63, 3.8) is 0 Å². The van der Waals surface area contributed by atoms with Gasteiger partial charge in [-0.1, -0.05) is 11.6 Å². The van der Waals surface area contributed by atoms with Crippen molar-refractivity contribution in [2.24, 2.45) is 0 Å². The highest BCUT2D eigenvalue weighted by atomic mass is 35.5. The molecule has 1 N–H and O–H groups in total. The Labute approximate surface area is 140 Å². The molecule has 1 heterocycles. The van der Waals surface area contributed by atoms with Crippen molar-refractivity contribution in [2.75, 3.05) is 13.6 Å². The maximum absolute atomic E-state index is 12.0. The highest BCUT2D eigenvalue weighted by molar-refractivity contribution is 6.30. The van der Waals surface area contributed by atoms with Crippen molar-refractivity contribution in [2.45, 2.75) is 32.3 Å². The van der Waals surface area contributed by atoms with Crippen molar-refractivity contribution >= 4 is 17.5 Å². The zero-order valence-electron chi connectivity index (χ0n) is 13.4. The molecule has 0 unspecified atom stereocenters. The quantitative estimate of drug-likeness (QED) is 0.876. The van der Waals surface area contributed by atoms with Crippen LogP contribution < -0.4 is 0 Å². The lowest BCUT2D eigenvalue weighted by Gasteiger charge is -2.25. The van der Waals surface area contributed by atoms with Gasteiger partial charge in [0.25, 0.3) is 0 Å². The third kappa shape index (κ3) is 5.33. The second kappa shape index (κ2) is 7.10. The third-order valence-corrected chi connectivity index (χ3v) is 3.41. The molecule has 0 fully saturated rings. The number of carbonyl (C=O) groups is 1. The van der Waals surface area contributed by atoms with E-state index in [4.69, 9.17) is 16.0 Å². The molecule has 0 saturated carbocycles. The Hall–Kier alpha value is -1.92. The van der Waals surface area contributed by atoms with Crippen LogP contribution in [0.3, 0.4) is 0 Å². The van der Waals surface area contributed by atoms with Crippen LogP contribution in [0.1, 0.15) is 26.2 Å². The van der Waals surface area contributed by atoms with Gasteiger partial charge in [0.05, 0.1) is 5.60 Å². The predicted molar refractivity (Wildman–Crippen MR) is 87.0 cm³/mol. The van der Waals surface area contributed by atoms with Gasteiger partial charge in [-0.15, -0.1) is 10.2 Å². The number of amides is 1. The molecule has 0 aliphatic rings. The molecule has 23 heavy (non-hydrogen) atoms. The normalized spacial score (nSPS) is 11.5. The largest absolute Gasteiger partial charge is 0.421 e. The fourth-order valence-corrected chi connectivity index (χ4v) is 2.26. The Kier molecular flexibility index (Phi) is 5.38. The first-order valence-electron chi connectivity index (χ1n) is 7.29. The van der Waals surface area contributed by atoms with Crippen LogP contribution in [0.4, 0.5) is 0 Å². The summed E-state index contributed by atoms with van der Waals surface area (Å²) in [6, 6.07) is 7.08. The smallest absolute Gasteiger partial charge is 0.247 e. The van der Waals surface area contributed by atoms with Crippen LogP contribution in [0.15, 0.2) is 28.7 Å². The molecule has 0 bridgehead atoms. The Morgan fingerprint density at radius 1 is 1.30 bits per heavy atom. The van der Waals surface area contributed by atoms with E-state index in [1.165, 1.54) is 4.90 Å². The fraction of sp³-hybridized carbons (Fsp3) is 0.438. The average molecular weight is 338 g/mol. The minimum absolute atomic E-state index is 0.0848. The average Bonchev–Trinajstić information content (AvgIpc) is 2.92. The number of aryl methyl sites for hydroxylation is 1. The lowest BCUT2D eigenvalue weighted by molar-refractivity contribution is -0.132. The lowest BCUT2D eigenvalue weighted by Crippen LogP contribution is -2.39. The zero-order chi connectivity index (χ0) is 17.0. The summed E-state index contributed by atoms with van der Waals surface area (Å²) >= 11 is 5.84. The topological polar surface area (TPSA) is 79.5 Å². The second-order valence-electron chi connectivity index (χ2n) is 6.07. The number of carbonyl (C=O) groups excluding carboxylic acids is 1. The number of hydrogen-bond donors (Lipinski definition) is 1. The summed E-state index contributed by atoms with van der Waals surface area (Å²) in [6.45, 7) is 3.59. The van der Waals surface area contributed by atoms with Crippen molar-refractivity contribution in [1.82, 2.24) is 15.1 Å². The number of likely N-dealkylation sites (N-methyl/N-ethyl adjacent to an activating group) is 1. The minimum Gasteiger partial charge on any atom is -0.421 e. The number of halogens is 1. The number of aromatic nitrogens is 2. The van der Waals surface area contributed by atoms with Crippen LogP contribution in [0.25, 0.3) is 11.5 Å². The van der Waals surface area contributed by atoms with Crippen molar-refractivity contribution in [3.05, 3.63) is 35.2 Å². The Bertz CT molecular complexity index is 662. The Morgan fingerprint density at radius 2 is 1.96 bits per heavy atom. The van der Waals surface area contributed by atoms with Gasteiger partial charge in [0, 0.05) is 37.0 Å². The molecule has 1 aromatic carbocycles. The molecule has 0 aliphatic heterocycles. The maximum Gasteiger partial charge on any atom is 0.247 e. The lowest BCUT2D eigenvalue weighted by atomic mass is 10.1. The van der Waals surface area contributed by atoms with Gasteiger partial charge in [-0.2, -0.15) is 0 Å². The van der Waals surface area contributed by atoms with Crippen LogP contribution in [0.5, 0.6) is 0 Å². The molecule has 2 rings (SSSR count). The molecule has 124 valence electrons. The summed E-state index contributed by atoms with van der Waals surface area (Å²) in [5.74, 6) is 0.715. The van der Waals surface area contributed by atoms with E-state index in [0.717, 1.165) is 5.56 Å². The van der Waals surface area contributed by atoms with E-state index in [2.05, 4.69) is 10.2 Å². The number of hydrogen-bond acceptors (Lipinski definition) is 5. The van der Waals surface area contributed by atoms with Crippen LogP contribution in [-0.4, -0.2) is 45.3 Å². The van der Waals surface area contributed by atoms with Gasteiger partial charge in [0.2, 0.25) is 17.7 Å². The first kappa shape index (κ1) is 17.4. The monoisotopic (exact) mass is 337 g/mol.